The molecular weight excluding hydrogens is 254 g/mol. The Morgan fingerprint density at radius 3 is 2.94 bits per heavy atom. The monoisotopic (exact) mass is 271 g/mol. The predicted octanol–water partition coefficient (Wildman–Crippen LogP) is 1.47. The van der Waals surface area contributed by atoms with Gasteiger partial charge in [0.25, 0.3) is 5.91 Å². The normalized spacial score (nSPS) is 17.0. The van der Waals surface area contributed by atoms with Crippen molar-refractivity contribution in [1.82, 2.24) is 10.3 Å². The number of carbonyl (C=O) groups excluding carboxylic acids is 1. The summed E-state index contributed by atoms with van der Waals surface area (Å²) < 4.78 is 0. The van der Waals surface area contributed by atoms with Gasteiger partial charge in [0.1, 0.15) is 10.7 Å². The number of nitrogens with zero attached hydrogens (tertiary/aromatic N) is 1. The fourth-order valence-electron chi connectivity index (χ4n) is 1.79. The molecule has 1 amide bonds. The highest BCUT2D eigenvalue weighted by molar-refractivity contribution is 7.99. The topological polar surface area (TPSA) is 68.0 Å². The van der Waals surface area contributed by atoms with Crippen LogP contribution >= 0.6 is 23.1 Å². The number of amides is 1. The molecule has 0 saturated carbocycles. The average Bonchev–Trinajstić information content (AvgIpc) is 2.86. The van der Waals surface area contributed by atoms with Crippen molar-refractivity contribution in [2.75, 3.05) is 18.1 Å². The maximum Gasteiger partial charge on any atom is 0.270 e. The Hall–Kier alpha value is -0.590. The summed E-state index contributed by atoms with van der Waals surface area (Å²) in [4.78, 5) is 16.0. The summed E-state index contributed by atoms with van der Waals surface area (Å²) in [7, 11) is 0. The summed E-state index contributed by atoms with van der Waals surface area (Å²) in [5.74, 6) is 3.00. The largest absolute Gasteiger partial charge is 0.350 e. The highest BCUT2D eigenvalue weighted by Gasteiger charge is 2.16. The lowest BCUT2D eigenvalue weighted by Crippen LogP contribution is -2.31. The summed E-state index contributed by atoms with van der Waals surface area (Å²) in [5, 5.41) is 5.54. The Kier molecular flexibility index (Phi) is 4.82. The molecule has 1 saturated heterocycles. The third-order valence-corrected chi connectivity index (χ3v) is 4.77. The third kappa shape index (κ3) is 3.69. The third-order valence-electron chi connectivity index (χ3n) is 2.85. The number of nitrogens with two attached hydrogens (primary N) is 1. The smallest absolute Gasteiger partial charge is 0.270 e. The lowest BCUT2D eigenvalue weighted by Gasteiger charge is -2.21. The number of rotatable bonds is 4. The molecule has 0 unspecified atom stereocenters. The Labute approximate surface area is 109 Å². The highest BCUT2D eigenvalue weighted by atomic mass is 32.2. The van der Waals surface area contributed by atoms with E-state index >= 15 is 0 Å². The first kappa shape index (κ1) is 12.9. The van der Waals surface area contributed by atoms with E-state index in [0.717, 1.165) is 11.6 Å². The van der Waals surface area contributed by atoms with Crippen molar-refractivity contribution in [1.29, 1.82) is 0 Å². The Balaban J connectivity index is 1.80. The van der Waals surface area contributed by atoms with Crippen LogP contribution in [0.1, 0.15) is 28.3 Å². The first-order valence-electron chi connectivity index (χ1n) is 5.80. The molecule has 0 atom stereocenters. The fourth-order valence-corrected chi connectivity index (χ4v) is 3.65. The standard InChI is InChI=1S/C11H17N3OS2/c12-5-10-14-9(7-17-10)11(15)13-6-8-1-3-16-4-2-8/h7-8H,1-6,12H2,(H,13,15). The Morgan fingerprint density at radius 1 is 1.53 bits per heavy atom. The molecule has 2 rings (SSSR count). The molecule has 17 heavy (non-hydrogen) atoms. The maximum atomic E-state index is 11.8. The van der Waals surface area contributed by atoms with Gasteiger partial charge in [0, 0.05) is 18.5 Å². The van der Waals surface area contributed by atoms with Crippen molar-refractivity contribution < 1.29 is 4.79 Å². The first-order chi connectivity index (χ1) is 8.29. The minimum atomic E-state index is -0.0702. The first-order valence-corrected chi connectivity index (χ1v) is 7.83. The van der Waals surface area contributed by atoms with Gasteiger partial charge in [-0.05, 0) is 30.3 Å². The van der Waals surface area contributed by atoms with E-state index in [4.69, 9.17) is 5.73 Å². The van der Waals surface area contributed by atoms with Gasteiger partial charge in [-0.25, -0.2) is 4.98 Å². The summed E-state index contributed by atoms with van der Waals surface area (Å²) in [6.45, 7) is 1.17. The van der Waals surface area contributed by atoms with Crippen LogP contribution in [0.15, 0.2) is 5.38 Å². The zero-order chi connectivity index (χ0) is 12.1. The van der Waals surface area contributed by atoms with Crippen molar-refractivity contribution in [2.45, 2.75) is 19.4 Å². The van der Waals surface area contributed by atoms with E-state index in [1.165, 1.54) is 35.7 Å². The van der Waals surface area contributed by atoms with Crippen LogP contribution in [0.2, 0.25) is 0 Å². The van der Waals surface area contributed by atoms with Crippen LogP contribution in [-0.2, 0) is 6.54 Å². The van der Waals surface area contributed by atoms with E-state index in [1.807, 2.05) is 11.8 Å². The quantitative estimate of drug-likeness (QED) is 0.870. The van der Waals surface area contributed by atoms with Crippen LogP contribution in [0.5, 0.6) is 0 Å². The van der Waals surface area contributed by atoms with E-state index in [-0.39, 0.29) is 5.91 Å². The van der Waals surface area contributed by atoms with Gasteiger partial charge in [-0.15, -0.1) is 11.3 Å². The summed E-state index contributed by atoms with van der Waals surface area (Å²) in [5.41, 5.74) is 5.97. The average molecular weight is 271 g/mol. The molecule has 6 heteroatoms. The van der Waals surface area contributed by atoms with E-state index in [9.17, 15) is 4.79 Å². The van der Waals surface area contributed by atoms with Crippen LogP contribution in [0, 0.1) is 5.92 Å². The fraction of sp³-hybridized carbons (Fsp3) is 0.636. The van der Waals surface area contributed by atoms with Gasteiger partial charge in [0.05, 0.1) is 0 Å². The molecule has 0 bridgehead atoms. The molecule has 0 spiro atoms. The second-order valence-corrected chi connectivity index (χ2v) is 6.26. The molecule has 1 aromatic heterocycles. The zero-order valence-corrected chi connectivity index (χ0v) is 11.3. The molecular formula is C11H17N3OS2. The van der Waals surface area contributed by atoms with Crippen LogP contribution < -0.4 is 11.1 Å². The van der Waals surface area contributed by atoms with Crippen molar-refractivity contribution in [3.63, 3.8) is 0 Å². The summed E-state index contributed by atoms with van der Waals surface area (Å²) in [6.07, 6.45) is 2.41. The lowest BCUT2D eigenvalue weighted by atomic mass is 10.0. The minimum absolute atomic E-state index is 0.0702. The van der Waals surface area contributed by atoms with Gasteiger partial charge in [0.2, 0.25) is 0 Å². The molecule has 1 fully saturated rings. The molecule has 3 N–H and O–H groups in total. The van der Waals surface area contributed by atoms with Gasteiger partial charge in [0.15, 0.2) is 0 Å². The summed E-state index contributed by atoms with van der Waals surface area (Å²) >= 11 is 3.44. The number of hydrogen-bond acceptors (Lipinski definition) is 5. The van der Waals surface area contributed by atoms with Crippen LogP contribution in [0.3, 0.4) is 0 Å². The Bertz CT molecular complexity index is 375. The van der Waals surface area contributed by atoms with Crippen molar-refractivity contribution in [2.24, 2.45) is 11.7 Å². The molecule has 0 radical (unpaired) electrons. The molecule has 0 aromatic carbocycles. The van der Waals surface area contributed by atoms with E-state index in [0.29, 0.717) is 18.2 Å². The Morgan fingerprint density at radius 2 is 2.29 bits per heavy atom. The number of carbonyl (C=O) groups is 1. The molecule has 4 nitrogen and oxygen atoms in total. The van der Waals surface area contributed by atoms with Gasteiger partial charge >= 0.3 is 0 Å². The molecule has 1 aliphatic heterocycles. The van der Waals surface area contributed by atoms with Gasteiger partial charge in [-0.3, -0.25) is 4.79 Å². The molecule has 1 aliphatic rings. The van der Waals surface area contributed by atoms with E-state index < -0.39 is 0 Å². The second-order valence-electron chi connectivity index (χ2n) is 4.10. The molecule has 0 aliphatic carbocycles. The SMILES string of the molecule is NCc1nc(C(=O)NCC2CCSCC2)cs1. The number of thiazole rings is 1. The van der Waals surface area contributed by atoms with Gasteiger partial charge in [-0.1, -0.05) is 0 Å². The van der Waals surface area contributed by atoms with Gasteiger partial charge < -0.3 is 11.1 Å². The summed E-state index contributed by atoms with van der Waals surface area (Å²) in [6, 6.07) is 0. The van der Waals surface area contributed by atoms with Crippen LogP contribution in [-0.4, -0.2) is 28.9 Å². The maximum absolute atomic E-state index is 11.8. The molecule has 94 valence electrons. The predicted molar refractivity (Wildman–Crippen MR) is 72.4 cm³/mol. The van der Waals surface area contributed by atoms with Crippen molar-refractivity contribution in [3.8, 4) is 0 Å². The number of aromatic nitrogens is 1. The number of thioether (sulfide) groups is 1. The van der Waals surface area contributed by atoms with Crippen molar-refractivity contribution in [3.05, 3.63) is 16.1 Å². The zero-order valence-electron chi connectivity index (χ0n) is 9.65. The highest BCUT2D eigenvalue weighted by Crippen LogP contribution is 2.21. The number of nitrogens with one attached hydrogen (secondary N) is 1. The molecule has 2 heterocycles. The number of hydrogen-bond donors (Lipinski definition) is 2. The van der Waals surface area contributed by atoms with Crippen molar-refractivity contribution >= 4 is 29.0 Å². The van der Waals surface area contributed by atoms with Crippen LogP contribution in [0.4, 0.5) is 0 Å². The second kappa shape index (κ2) is 6.37. The minimum Gasteiger partial charge on any atom is -0.350 e. The van der Waals surface area contributed by atoms with E-state index in [1.54, 1.807) is 5.38 Å². The lowest BCUT2D eigenvalue weighted by molar-refractivity contribution is 0.0942. The van der Waals surface area contributed by atoms with Gasteiger partial charge in [-0.2, -0.15) is 11.8 Å². The molecule has 1 aromatic rings. The van der Waals surface area contributed by atoms with E-state index in [2.05, 4.69) is 10.3 Å². The van der Waals surface area contributed by atoms with Crippen LogP contribution in [0.25, 0.3) is 0 Å².